The van der Waals surface area contributed by atoms with E-state index in [0.29, 0.717) is 15.8 Å². The van der Waals surface area contributed by atoms with Crippen molar-refractivity contribution < 1.29 is 19.0 Å². The average Bonchev–Trinajstić information content (AvgIpc) is 2.41. The minimum Gasteiger partial charge on any atom is -0.489 e. The summed E-state index contributed by atoms with van der Waals surface area (Å²) >= 11 is 3.14. The van der Waals surface area contributed by atoms with Crippen LogP contribution in [0, 0.1) is 5.82 Å². The lowest BCUT2D eigenvalue weighted by Gasteiger charge is -2.08. The van der Waals surface area contributed by atoms with Gasteiger partial charge in [-0.2, -0.15) is 0 Å². The highest BCUT2D eigenvalue weighted by atomic mass is 79.9. The first-order chi connectivity index (χ1) is 9.08. The fourth-order valence-corrected chi connectivity index (χ4v) is 1.92. The molecule has 0 unspecified atom stereocenters. The van der Waals surface area contributed by atoms with Crippen LogP contribution >= 0.6 is 15.9 Å². The van der Waals surface area contributed by atoms with Gasteiger partial charge in [0.2, 0.25) is 0 Å². The van der Waals surface area contributed by atoms with Crippen LogP contribution in [0.2, 0.25) is 0 Å². The monoisotopic (exact) mass is 324 g/mol. The molecule has 0 fully saturated rings. The summed E-state index contributed by atoms with van der Waals surface area (Å²) in [5.74, 6) is -0.950. The number of halogens is 2. The van der Waals surface area contributed by atoms with Gasteiger partial charge >= 0.3 is 5.97 Å². The van der Waals surface area contributed by atoms with Crippen LogP contribution in [0.4, 0.5) is 4.39 Å². The van der Waals surface area contributed by atoms with Gasteiger partial charge in [0.15, 0.2) is 0 Å². The van der Waals surface area contributed by atoms with Gasteiger partial charge in [-0.1, -0.05) is 18.2 Å². The van der Waals surface area contributed by atoms with E-state index in [1.807, 2.05) is 0 Å². The lowest BCUT2D eigenvalue weighted by molar-refractivity contribution is 0.0696. The first-order valence-corrected chi connectivity index (χ1v) is 6.26. The fraction of sp³-hybridized carbons (Fsp3) is 0.0714. The molecular weight excluding hydrogens is 315 g/mol. The van der Waals surface area contributed by atoms with E-state index in [1.165, 1.54) is 18.2 Å². The summed E-state index contributed by atoms with van der Waals surface area (Å²) in [5.41, 5.74) is 0.802. The molecule has 0 aliphatic rings. The van der Waals surface area contributed by atoms with Crippen molar-refractivity contribution in [3.8, 4) is 5.75 Å². The second kappa shape index (κ2) is 5.84. The Balaban J connectivity index is 2.12. The standard InChI is InChI=1S/C14H10BrFO3/c15-13-10(4-2-6-12(13)16)8-19-11-5-1-3-9(7-11)14(17)18/h1-7H,8H2,(H,17,18). The van der Waals surface area contributed by atoms with Gasteiger partial charge in [0.05, 0.1) is 10.0 Å². The highest BCUT2D eigenvalue weighted by Gasteiger charge is 2.07. The number of carboxylic acids is 1. The molecule has 1 N–H and O–H groups in total. The molecule has 0 amide bonds. The van der Waals surface area contributed by atoms with Crippen molar-refractivity contribution in [2.24, 2.45) is 0 Å². The first-order valence-electron chi connectivity index (χ1n) is 5.47. The van der Waals surface area contributed by atoms with E-state index < -0.39 is 5.97 Å². The maximum atomic E-state index is 13.3. The molecule has 0 bridgehead atoms. The van der Waals surface area contributed by atoms with Crippen molar-refractivity contribution in [1.82, 2.24) is 0 Å². The van der Waals surface area contributed by atoms with E-state index in [9.17, 15) is 9.18 Å². The summed E-state index contributed by atoms with van der Waals surface area (Å²) < 4.78 is 19.1. The normalized spacial score (nSPS) is 10.2. The molecule has 0 heterocycles. The Bertz CT molecular complexity index is 613. The molecule has 3 nitrogen and oxygen atoms in total. The molecule has 2 aromatic rings. The molecular formula is C14H10BrFO3. The smallest absolute Gasteiger partial charge is 0.335 e. The Labute approximate surface area is 117 Å². The molecule has 5 heteroatoms. The third-order valence-electron chi connectivity index (χ3n) is 2.51. The molecule has 19 heavy (non-hydrogen) atoms. The minimum absolute atomic E-state index is 0.149. The molecule has 0 radical (unpaired) electrons. The lowest BCUT2D eigenvalue weighted by atomic mass is 10.2. The van der Waals surface area contributed by atoms with Crippen molar-refractivity contribution in [1.29, 1.82) is 0 Å². The van der Waals surface area contributed by atoms with E-state index in [1.54, 1.807) is 24.3 Å². The molecule has 0 saturated heterocycles. The van der Waals surface area contributed by atoms with E-state index in [2.05, 4.69) is 15.9 Å². The lowest BCUT2D eigenvalue weighted by Crippen LogP contribution is -2.00. The number of carboxylic acid groups (broad SMARTS) is 1. The van der Waals surface area contributed by atoms with E-state index >= 15 is 0 Å². The summed E-state index contributed by atoms with van der Waals surface area (Å²) in [6.45, 7) is 0.154. The number of ether oxygens (including phenoxy) is 1. The van der Waals surface area contributed by atoms with Gasteiger partial charge in [0, 0.05) is 5.56 Å². The van der Waals surface area contributed by atoms with Crippen LogP contribution in [0.3, 0.4) is 0 Å². The largest absolute Gasteiger partial charge is 0.489 e. The number of hydrogen-bond donors (Lipinski definition) is 1. The van der Waals surface area contributed by atoms with Crippen LogP contribution in [0.25, 0.3) is 0 Å². The van der Waals surface area contributed by atoms with E-state index in [0.717, 1.165) is 0 Å². The predicted octanol–water partition coefficient (Wildman–Crippen LogP) is 3.87. The Morgan fingerprint density at radius 2 is 2.00 bits per heavy atom. The second-order valence-corrected chi connectivity index (χ2v) is 4.63. The van der Waals surface area contributed by atoms with E-state index in [-0.39, 0.29) is 18.0 Å². The number of hydrogen-bond acceptors (Lipinski definition) is 2. The molecule has 0 aliphatic carbocycles. The SMILES string of the molecule is O=C(O)c1cccc(OCc2cccc(F)c2Br)c1. The van der Waals surface area contributed by atoms with Crippen LogP contribution in [-0.4, -0.2) is 11.1 Å². The molecule has 0 saturated carbocycles. The summed E-state index contributed by atoms with van der Waals surface area (Å²) in [7, 11) is 0. The van der Waals surface area contributed by atoms with Crippen molar-refractivity contribution >= 4 is 21.9 Å². The van der Waals surface area contributed by atoms with Crippen LogP contribution in [0.15, 0.2) is 46.9 Å². The predicted molar refractivity (Wildman–Crippen MR) is 71.8 cm³/mol. The van der Waals surface area contributed by atoms with Crippen LogP contribution in [-0.2, 0) is 6.61 Å². The van der Waals surface area contributed by atoms with Crippen LogP contribution in [0.1, 0.15) is 15.9 Å². The van der Waals surface area contributed by atoms with E-state index in [4.69, 9.17) is 9.84 Å². The maximum Gasteiger partial charge on any atom is 0.335 e. The topological polar surface area (TPSA) is 46.5 Å². The van der Waals surface area contributed by atoms with Crippen LogP contribution in [0.5, 0.6) is 5.75 Å². The van der Waals surface area contributed by atoms with Crippen molar-refractivity contribution in [3.63, 3.8) is 0 Å². The number of benzene rings is 2. The van der Waals surface area contributed by atoms with Gasteiger partial charge in [0.1, 0.15) is 18.2 Å². The summed E-state index contributed by atoms with van der Waals surface area (Å²) in [6.07, 6.45) is 0. The maximum absolute atomic E-state index is 13.3. The molecule has 0 spiro atoms. The Morgan fingerprint density at radius 3 is 2.74 bits per heavy atom. The van der Waals surface area contributed by atoms with Crippen LogP contribution < -0.4 is 4.74 Å². The first kappa shape index (κ1) is 13.5. The van der Waals surface area contributed by atoms with Crippen molar-refractivity contribution in [2.75, 3.05) is 0 Å². The molecule has 0 atom stereocenters. The Hall–Kier alpha value is -1.88. The second-order valence-electron chi connectivity index (χ2n) is 3.83. The van der Waals surface area contributed by atoms with Gasteiger partial charge in [-0.3, -0.25) is 0 Å². The molecule has 2 aromatic carbocycles. The number of rotatable bonds is 4. The molecule has 2 rings (SSSR count). The third kappa shape index (κ3) is 3.32. The Kier molecular flexibility index (Phi) is 4.16. The highest BCUT2D eigenvalue weighted by Crippen LogP contribution is 2.22. The highest BCUT2D eigenvalue weighted by molar-refractivity contribution is 9.10. The minimum atomic E-state index is -1.02. The average molecular weight is 325 g/mol. The van der Waals surface area contributed by atoms with Gasteiger partial charge in [-0.15, -0.1) is 0 Å². The Morgan fingerprint density at radius 1 is 1.26 bits per heavy atom. The number of carbonyl (C=O) groups is 1. The quantitative estimate of drug-likeness (QED) is 0.928. The summed E-state index contributed by atoms with van der Waals surface area (Å²) in [4.78, 5) is 10.8. The van der Waals surface area contributed by atoms with Crippen molar-refractivity contribution in [3.05, 3.63) is 63.9 Å². The number of aromatic carboxylic acids is 1. The fourth-order valence-electron chi connectivity index (χ4n) is 1.54. The molecule has 0 aromatic heterocycles. The van der Waals surface area contributed by atoms with Gasteiger partial charge in [0.25, 0.3) is 0 Å². The van der Waals surface area contributed by atoms with Crippen molar-refractivity contribution in [2.45, 2.75) is 6.61 Å². The molecule has 98 valence electrons. The van der Waals surface area contributed by atoms with Gasteiger partial charge in [-0.25, -0.2) is 9.18 Å². The zero-order valence-corrected chi connectivity index (χ0v) is 11.4. The zero-order valence-electron chi connectivity index (χ0n) is 9.77. The summed E-state index contributed by atoms with van der Waals surface area (Å²) in [6, 6.07) is 10.8. The molecule has 0 aliphatic heterocycles. The summed E-state index contributed by atoms with van der Waals surface area (Å²) in [5, 5.41) is 8.86. The zero-order chi connectivity index (χ0) is 13.8. The third-order valence-corrected chi connectivity index (χ3v) is 3.39. The van der Waals surface area contributed by atoms with Gasteiger partial charge < -0.3 is 9.84 Å². The van der Waals surface area contributed by atoms with Gasteiger partial charge in [-0.05, 0) is 40.2 Å².